The van der Waals surface area contributed by atoms with Crippen LogP contribution in [-0.2, 0) is 10.0 Å². The van der Waals surface area contributed by atoms with Crippen LogP contribution in [0.5, 0.6) is 0 Å². The molecule has 0 unspecified atom stereocenters. The molecule has 0 radical (unpaired) electrons. The van der Waals surface area contributed by atoms with E-state index < -0.39 is 10.0 Å². The number of hydrogen-bond donors (Lipinski definition) is 1. The smallest absolute Gasteiger partial charge is 0.271 e. The van der Waals surface area contributed by atoms with Crippen molar-refractivity contribution in [3.05, 3.63) is 40.7 Å². The van der Waals surface area contributed by atoms with Gasteiger partial charge in [0.2, 0.25) is 0 Å². The van der Waals surface area contributed by atoms with Gasteiger partial charge in [-0.05, 0) is 42.5 Å². The van der Waals surface area contributed by atoms with Crippen LogP contribution in [-0.4, -0.2) is 21.5 Å². The maximum Gasteiger partial charge on any atom is 0.271 e. The average Bonchev–Trinajstić information content (AvgIpc) is 3.14. The van der Waals surface area contributed by atoms with Crippen molar-refractivity contribution in [1.29, 1.82) is 0 Å². The molecule has 0 saturated carbocycles. The topological polar surface area (TPSA) is 49.4 Å². The van der Waals surface area contributed by atoms with Crippen molar-refractivity contribution in [2.24, 2.45) is 0 Å². The van der Waals surface area contributed by atoms with Crippen LogP contribution >= 0.6 is 22.9 Å². The highest BCUT2D eigenvalue weighted by Crippen LogP contribution is 2.31. The second kappa shape index (κ2) is 5.87. The minimum Gasteiger partial charge on any atom is -0.371 e. The first kappa shape index (κ1) is 14.7. The van der Waals surface area contributed by atoms with Gasteiger partial charge in [0.05, 0.1) is 10.7 Å². The summed E-state index contributed by atoms with van der Waals surface area (Å²) in [7, 11) is -3.57. The second-order valence-electron chi connectivity index (χ2n) is 4.90. The molecule has 21 heavy (non-hydrogen) atoms. The molecule has 1 N–H and O–H groups in total. The molecule has 0 amide bonds. The Morgan fingerprint density at radius 2 is 1.95 bits per heavy atom. The number of rotatable bonds is 4. The third-order valence-electron chi connectivity index (χ3n) is 3.43. The van der Waals surface area contributed by atoms with E-state index in [0.717, 1.165) is 18.8 Å². The first-order chi connectivity index (χ1) is 10.1. The Hall–Kier alpha value is -1.24. The third-order valence-corrected chi connectivity index (χ3v) is 6.52. The van der Waals surface area contributed by atoms with Gasteiger partial charge in [0, 0.05) is 18.8 Å². The summed E-state index contributed by atoms with van der Waals surface area (Å²) in [6, 6.07) is 8.75. The van der Waals surface area contributed by atoms with Gasteiger partial charge in [0.25, 0.3) is 10.0 Å². The fraction of sp³-hybridized carbons (Fsp3) is 0.286. The predicted octanol–water partition coefficient (Wildman–Crippen LogP) is 3.80. The highest BCUT2D eigenvalue weighted by atomic mass is 35.5. The fourth-order valence-electron chi connectivity index (χ4n) is 2.37. The second-order valence-corrected chi connectivity index (χ2v) is 8.16. The van der Waals surface area contributed by atoms with Crippen LogP contribution in [0.4, 0.5) is 11.4 Å². The lowest BCUT2D eigenvalue weighted by Gasteiger charge is -2.19. The molecule has 0 bridgehead atoms. The van der Waals surface area contributed by atoms with Gasteiger partial charge in [-0.15, -0.1) is 11.3 Å². The molecule has 1 saturated heterocycles. The van der Waals surface area contributed by atoms with E-state index in [2.05, 4.69) is 9.62 Å². The van der Waals surface area contributed by atoms with E-state index in [1.54, 1.807) is 29.6 Å². The highest BCUT2D eigenvalue weighted by Gasteiger charge is 2.19. The maximum atomic E-state index is 12.3. The number of nitrogens with one attached hydrogen (secondary N) is 1. The van der Waals surface area contributed by atoms with Gasteiger partial charge in [0.15, 0.2) is 0 Å². The number of hydrogen-bond acceptors (Lipinski definition) is 4. The van der Waals surface area contributed by atoms with Gasteiger partial charge < -0.3 is 4.90 Å². The minimum absolute atomic E-state index is 0.283. The third kappa shape index (κ3) is 3.17. The number of thiophene rings is 1. The summed E-state index contributed by atoms with van der Waals surface area (Å²) in [5.41, 5.74) is 1.43. The maximum absolute atomic E-state index is 12.3. The van der Waals surface area contributed by atoms with Crippen molar-refractivity contribution in [3.8, 4) is 0 Å². The zero-order valence-corrected chi connectivity index (χ0v) is 13.6. The Labute approximate surface area is 133 Å². The number of nitrogens with zero attached hydrogens (tertiary/aromatic N) is 1. The molecule has 0 atom stereocenters. The molecule has 0 spiro atoms. The summed E-state index contributed by atoms with van der Waals surface area (Å²) in [5.74, 6) is 0. The van der Waals surface area contributed by atoms with Crippen LogP contribution in [0.3, 0.4) is 0 Å². The van der Waals surface area contributed by atoms with Crippen LogP contribution in [0.25, 0.3) is 0 Å². The lowest BCUT2D eigenvalue weighted by Crippen LogP contribution is -2.18. The molecule has 2 aromatic rings. The van der Waals surface area contributed by atoms with Gasteiger partial charge in [-0.2, -0.15) is 0 Å². The summed E-state index contributed by atoms with van der Waals surface area (Å²) >= 11 is 7.31. The molecule has 1 aromatic heterocycles. The Bertz CT molecular complexity index is 723. The number of halogens is 1. The number of sulfonamides is 1. The molecular weight excluding hydrogens is 328 g/mol. The molecule has 1 fully saturated rings. The number of benzene rings is 1. The Balaban J connectivity index is 1.89. The van der Waals surface area contributed by atoms with E-state index in [9.17, 15) is 8.42 Å². The van der Waals surface area contributed by atoms with Gasteiger partial charge >= 0.3 is 0 Å². The molecule has 0 aliphatic carbocycles. The van der Waals surface area contributed by atoms with E-state index in [-0.39, 0.29) is 4.21 Å². The van der Waals surface area contributed by atoms with Gasteiger partial charge in [-0.1, -0.05) is 17.7 Å². The summed E-state index contributed by atoms with van der Waals surface area (Å²) in [6.07, 6.45) is 2.33. The van der Waals surface area contributed by atoms with Crippen molar-refractivity contribution in [1.82, 2.24) is 0 Å². The first-order valence-electron chi connectivity index (χ1n) is 6.67. The molecular formula is C14H15ClN2O2S2. The quantitative estimate of drug-likeness (QED) is 0.919. The van der Waals surface area contributed by atoms with E-state index in [1.807, 2.05) is 6.07 Å². The standard InChI is InChI=1S/C14H15ClN2O2S2/c15-12-6-5-11(17-7-1-2-8-17)10-13(12)16-21(18,19)14-4-3-9-20-14/h3-6,9-10,16H,1-2,7-8H2. The number of anilines is 2. The van der Waals surface area contributed by atoms with Crippen LogP contribution in [0.1, 0.15) is 12.8 Å². The van der Waals surface area contributed by atoms with Crippen molar-refractivity contribution >= 4 is 44.3 Å². The van der Waals surface area contributed by atoms with Gasteiger partial charge in [0.1, 0.15) is 4.21 Å². The van der Waals surface area contributed by atoms with Crippen molar-refractivity contribution in [3.63, 3.8) is 0 Å². The average molecular weight is 343 g/mol. The SMILES string of the molecule is O=S(=O)(Nc1cc(N2CCCC2)ccc1Cl)c1cccs1. The van der Waals surface area contributed by atoms with E-state index in [0.29, 0.717) is 10.7 Å². The zero-order valence-electron chi connectivity index (χ0n) is 11.3. The molecule has 1 aromatic carbocycles. The van der Waals surface area contributed by atoms with Gasteiger partial charge in [-0.3, -0.25) is 4.72 Å². The molecule has 7 heteroatoms. The molecule has 4 nitrogen and oxygen atoms in total. The normalized spacial score (nSPS) is 15.4. The molecule has 3 rings (SSSR count). The Kier molecular flexibility index (Phi) is 4.10. The highest BCUT2D eigenvalue weighted by molar-refractivity contribution is 7.94. The fourth-order valence-corrected chi connectivity index (χ4v) is 4.66. The Morgan fingerprint density at radius 3 is 2.62 bits per heavy atom. The van der Waals surface area contributed by atoms with Crippen LogP contribution in [0, 0.1) is 0 Å². The van der Waals surface area contributed by atoms with Crippen LogP contribution in [0.15, 0.2) is 39.9 Å². The van der Waals surface area contributed by atoms with Crippen LogP contribution < -0.4 is 9.62 Å². The minimum atomic E-state index is -3.57. The van der Waals surface area contributed by atoms with Crippen molar-refractivity contribution < 1.29 is 8.42 Å². The zero-order chi connectivity index (χ0) is 14.9. The summed E-state index contributed by atoms with van der Waals surface area (Å²) in [5, 5.41) is 2.13. The van der Waals surface area contributed by atoms with Gasteiger partial charge in [-0.25, -0.2) is 8.42 Å². The monoisotopic (exact) mass is 342 g/mol. The van der Waals surface area contributed by atoms with E-state index in [1.165, 1.54) is 24.2 Å². The lowest BCUT2D eigenvalue weighted by molar-refractivity contribution is 0.603. The molecule has 112 valence electrons. The first-order valence-corrected chi connectivity index (χ1v) is 9.41. The summed E-state index contributed by atoms with van der Waals surface area (Å²) < 4.78 is 27.4. The lowest BCUT2D eigenvalue weighted by atomic mass is 10.2. The van der Waals surface area contributed by atoms with E-state index >= 15 is 0 Å². The summed E-state index contributed by atoms with van der Waals surface area (Å²) in [6.45, 7) is 2.00. The Morgan fingerprint density at radius 1 is 1.19 bits per heavy atom. The molecule has 2 heterocycles. The van der Waals surface area contributed by atoms with E-state index in [4.69, 9.17) is 11.6 Å². The van der Waals surface area contributed by atoms with Crippen LogP contribution in [0.2, 0.25) is 5.02 Å². The largest absolute Gasteiger partial charge is 0.371 e. The van der Waals surface area contributed by atoms with Crippen molar-refractivity contribution in [2.75, 3.05) is 22.7 Å². The van der Waals surface area contributed by atoms with Crippen molar-refractivity contribution in [2.45, 2.75) is 17.1 Å². The molecule has 1 aliphatic rings. The molecule has 1 aliphatic heterocycles. The summed E-state index contributed by atoms with van der Waals surface area (Å²) in [4.78, 5) is 2.24. The predicted molar refractivity (Wildman–Crippen MR) is 88.0 cm³/mol.